The Bertz CT molecular complexity index is 386. The Morgan fingerprint density at radius 1 is 1.65 bits per heavy atom. The number of carboxylic acid groups (broad SMARTS) is 1. The van der Waals surface area contributed by atoms with Gasteiger partial charge in [0.25, 0.3) is 0 Å². The van der Waals surface area contributed by atoms with E-state index in [9.17, 15) is 4.79 Å². The maximum Gasteiger partial charge on any atom is 0.323 e. The van der Waals surface area contributed by atoms with E-state index < -0.39 is 11.5 Å². The van der Waals surface area contributed by atoms with Crippen molar-refractivity contribution in [3.05, 3.63) is 22.8 Å². The molecule has 1 aromatic heterocycles. The van der Waals surface area contributed by atoms with Crippen LogP contribution in [0.4, 0.5) is 0 Å². The molecule has 0 bridgehead atoms. The fourth-order valence-electron chi connectivity index (χ4n) is 1.15. The number of carboxylic acids is 1. The molecule has 17 heavy (non-hydrogen) atoms. The number of aliphatic carboxylic acids is 1. The molecule has 94 valence electrons. The van der Waals surface area contributed by atoms with Gasteiger partial charge < -0.3 is 10.4 Å². The molecule has 0 fully saturated rings. The largest absolute Gasteiger partial charge is 0.480 e. The molecule has 0 amide bonds. The van der Waals surface area contributed by atoms with Crippen LogP contribution in [0.25, 0.3) is 0 Å². The van der Waals surface area contributed by atoms with E-state index in [1.807, 2.05) is 12.1 Å². The van der Waals surface area contributed by atoms with Gasteiger partial charge in [0, 0.05) is 16.4 Å². The zero-order valence-corrected chi connectivity index (χ0v) is 12.1. The molecule has 1 atom stereocenters. The molecule has 0 saturated carbocycles. The Labute approximate surface area is 113 Å². The minimum atomic E-state index is -0.873. The number of thioether (sulfide) groups is 1. The Kier molecular flexibility index (Phi) is 5.42. The molecule has 1 unspecified atom stereocenters. The maximum absolute atomic E-state index is 11.0. The maximum atomic E-state index is 11.0. The van der Waals surface area contributed by atoms with Crippen molar-refractivity contribution in [1.82, 2.24) is 10.3 Å². The molecule has 2 N–H and O–H groups in total. The van der Waals surface area contributed by atoms with Crippen molar-refractivity contribution in [3.8, 4) is 0 Å². The Balaban J connectivity index is 2.47. The number of pyridine rings is 1. The van der Waals surface area contributed by atoms with Crippen LogP contribution in [0.3, 0.4) is 0 Å². The normalized spacial score (nSPS) is 14.3. The lowest BCUT2D eigenvalue weighted by Gasteiger charge is -2.23. The zero-order chi connectivity index (χ0) is 12.9. The average molecular weight is 319 g/mol. The van der Waals surface area contributed by atoms with E-state index in [1.165, 1.54) is 0 Å². The highest BCUT2D eigenvalue weighted by Crippen LogP contribution is 2.21. The summed E-state index contributed by atoms with van der Waals surface area (Å²) in [5, 5.41) is 12.8. The van der Waals surface area contributed by atoms with Crippen molar-refractivity contribution < 1.29 is 9.90 Å². The van der Waals surface area contributed by atoms with E-state index in [1.54, 1.807) is 31.9 Å². The van der Waals surface area contributed by atoms with Crippen LogP contribution < -0.4 is 5.32 Å². The third-order valence-electron chi connectivity index (χ3n) is 2.58. The SMILES string of the molecule is CNC(C)(CCSc1ccc(Br)cn1)C(=O)O. The number of halogens is 1. The molecule has 0 aliphatic carbocycles. The first-order valence-corrected chi connectivity index (χ1v) is 6.92. The van der Waals surface area contributed by atoms with Crippen molar-refractivity contribution in [2.45, 2.75) is 23.9 Å². The zero-order valence-electron chi connectivity index (χ0n) is 9.74. The van der Waals surface area contributed by atoms with Gasteiger partial charge in [-0.1, -0.05) is 0 Å². The summed E-state index contributed by atoms with van der Waals surface area (Å²) in [5.74, 6) is -0.123. The summed E-state index contributed by atoms with van der Waals surface area (Å²) in [6.45, 7) is 1.69. The monoisotopic (exact) mass is 318 g/mol. The molecular formula is C11H15BrN2O2S. The average Bonchev–Trinajstić information content (AvgIpc) is 2.31. The van der Waals surface area contributed by atoms with Gasteiger partial charge >= 0.3 is 5.97 Å². The van der Waals surface area contributed by atoms with Gasteiger partial charge in [-0.25, -0.2) is 4.98 Å². The number of aromatic nitrogens is 1. The van der Waals surface area contributed by atoms with Gasteiger partial charge in [-0.2, -0.15) is 0 Å². The second-order valence-corrected chi connectivity index (χ2v) is 5.83. The molecular weight excluding hydrogens is 304 g/mol. The van der Waals surface area contributed by atoms with E-state index in [0.29, 0.717) is 12.2 Å². The highest BCUT2D eigenvalue weighted by atomic mass is 79.9. The standard InChI is InChI=1S/C11H15BrN2O2S/c1-11(13-2,10(15)16)5-6-17-9-4-3-8(12)7-14-9/h3-4,7,13H,5-6H2,1-2H3,(H,15,16). The summed E-state index contributed by atoms with van der Waals surface area (Å²) < 4.78 is 0.937. The van der Waals surface area contributed by atoms with Crippen molar-refractivity contribution in [3.63, 3.8) is 0 Å². The number of nitrogens with one attached hydrogen (secondary N) is 1. The molecule has 0 spiro atoms. The second kappa shape index (κ2) is 6.37. The number of nitrogens with zero attached hydrogens (tertiary/aromatic N) is 1. The van der Waals surface area contributed by atoms with Crippen LogP contribution in [0.15, 0.2) is 27.8 Å². The van der Waals surface area contributed by atoms with Crippen LogP contribution in [0.2, 0.25) is 0 Å². The molecule has 0 aliphatic heterocycles. The van der Waals surface area contributed by atoms with Crippen molar-refractivity contribution >= 4 is 33.7 Å². The quantitative estimate of drug-likeness (QED) is 0.789. The molecule has 1 aromatic rings. The molecule has 0 saturated heterocycles. The third kappa shape index (κ3) is 4.29. The van der Waals surface area contributed by atoms with Crippen molar-refractivity contribution in [1.29, 1.82) is 0 Å². The fraction of sp³-hybridized carbons (Fsp3) is 0.455. The van der Waals surface area contributed by atoms with Gasteiger partial charge in [0.15, 0.2) is 0 Å². The first-order valence-electron chi connectivity index (χ1n) is 5.14. The first kappa shape index (κ1) is 14.5. The lowest BCUT2D eigenvalue weighted by molar-refractivity contribution is -0.144. The molecule has 0 radical (unpaired) electrons. The molecule has 1 heterocycles. The van der Waals surface area contributed by atoms with Gasteiger partial charge in [-0.3, -0.25) is 4.79 Å². The predicted octanol–water partition coefficient (Wildman–Crippen LogP) is 2.39. The van der Waals surface area contributed by atoms with Crippen LogP contribution >= 0.6 is 27.7 Å². The minimum absolute atomic E-state index is 0.543. The van der Waals surface area contributed by atoms with E-state index in [2.05, 4.69) is 26.2 Å². The van der Waals surface area contributed by atoms with Gasteiger partial charge in [-0.15, -0.1) is 11.8 Å². The Morgan fingerprint density at radius 3 is 2.82 bits per heavy atom. The second-order valence-electron chi connectivity index (χ2n) is 3.80. The molecule has 0 aromatic carbocycles. The van der Waals surface area contributed by atoms with Gasteiger partial charge in [0.1, 0.15) is 5.54 Å². The number of likely N-dealkylation sites (N-methyl/N-ethyl adjacent to an activating group) is 1. The summed E-state index contributed by atoms with van der Waals surface area (Å²) in [7, 11) is 1.66. The van der Waals surface area contributed by atoms with E-state index in [4.69, 9.17) is 5.11 Å². The van der Waals surface area contributed by atoms with Crippen LogP contribution in [0.5, 0.6) is 0 Å². The first-order chi connectivity index (χ1) is 7.98. The van der Waals surface area contributed by atoms with Gasteiger partial charge in [0.05, 0.1) is 5.03 Å². The fourth-order valence-corrected chi connectivity index (χ4v) is 2.39. The Hall–Kier alpha value is -0.590. The van der Waals surface area contributed by atoms with Gasteiger partial charge in [-0.05, 0) is 48.5 Å². The van der Waals surface area contributed by atoms with Crippen LogP contribution in [0, 0.1) is 0 Å². The molecule has 1 rings (SSSR count). The smallest absolute Gasteiger partial charge is 0.323 e. The number of carbonyl (C=O) groups is 1. The molecule has 4 nitrogen and oxygen atoms in total. The van der Waals surface area contributed by atoms with E-state index in [-0.39, 0.29) is 0 Å². The lowest BCUT2D eigenvalue weighted by Crippen LogP contribution is -2.47. The van der Waals surface area contributed by atoms with Crippen LogP contribution in [0.1, 0.15) is 13.3 Å². The summed E-state index contributed by atoms with van der Waals surface area (Å²) >= 11 is 4.87. The molecule has 6 heteroatoms. The highest BCUT2D eigenvalue weighted by Gasteiger charge is 2.30. The summed E-state index contributed by atoms with van der Waals surface area (Å²) in [6, 6.07) is 3.83. The van der Waals surface area contributed by atoms with Crippen LogP contribution in [-0.2, 0) is 4.79 Å². The number of hydrogen-bond donors (Lipinski definition) is 2. The van der Waals surface area contributed by atoms with Crippen molar-refractivity contribution in [2.24, 2.45) is 0 Å². The van der Waals surface area contributed by atoms with Crippen molar-refractivity contribution in [2.75, 3.05) is 12.8 Å². The summed E-state index contributed by atoms with van der Waals surface area (Å²) in [4.78, 5) is 15.3. The van der Waals surface area contributed by atoms with E-state index in [0.717, 1.165) is 9.50 Å². The highest BCUT2D eigenvalue weighted by molar-refractivity contribution is 9.10. The third-order valence-corrected chi connectivity index (χ3v) is 3.99. The number of hydrogen-bond acceptors (Lipinski definition) is 4. The minimum Gasteiger partial charge on any atom is -0.480 e. The van der Waals surface area contributed by atoms with Crippen LogP contribution in [-0.4, -0.2) is 34.4 Å². The summed E-state index contributed by atoms with van der Waals surface area (Å²) in [6.07, 6.45) is 2.28. The summed E-state index contributed by atoms with van der Waals surface area (Å²) in [5.41, 5.74) is -0.873. The Morgan fingerprint density at radius 2 is 2.35 bits per heavy atom. The van der Waals surface area contributed by atoms with E-state index >= 15 is 0 Å². The topological polar surface area (TPSA) is 62.2 Å². The predicted molar refractivity (Wildman–Crippen MR) is 72.4 cm³/mol. The van der Waals surface area contributed by atoms with Gasteiger partial charge in [0.2, 0.25) is 0 Å². The lowest BCUT2D eigenvalue weighted by atomic mass is 10.00. The molecule has 0 aliphatic rings. The number of rotatable bonds is 6.